The molecule has 1 amide bonds. The molecule has 2 aromatic rings. The molecule has 1 aliphatic carbocycles. The number of benzene rings is 2. The predicted octanol–water partition coefficient (Wildman–Crippen LogP) is 2.67. The fraction of sp³-hybridized carbons (Fsp3) is 0.350. The Balaban J connectivity index is 1.36. The number of fused-ring (bicyclic) bond motifs is 1. The number of amides is 1. The van der Waals surface area contributed by atoms with E-state index in [1.165, 1.54) is 5.56 Å². The Morgan fingerprint density at radius 1 is 1.16 bits per heavy atom. The Morgan fingerprint density at radius 3 is 2.80 bits per heavy atom. The Bertz CT molecular complexity index is 754. The number of carbonyl (C=O) groups excluding carboxylic acids is 1. The maximum absolute atomic E-state index is 12.0. The Labute approximate surface area is 147 Å². The van der Waals surface area contributed by atoms with Gasteiger partial charge in [-0.15, -0.1) is 0 Å². The van der Waals surface area contributed by atoms with Crippen LogP contribution in [0.15, 0.2) is 42.5 Å². The molecule has 2 aliphatic rings. The Hall–Kier alpha value is -2.53. The molecule has 1 aliphatic heterocycles. The van der Waals surface area contributed by atoms with Gasteiger partial charge in [0.1, 0.15) is 12.4 Å². The summed E-state index contributed by atoms with van der Waals surface area (Å²) in [4.78, 5) is 12.0. The molecule has 0 unspecified atom stereocenters. The maximum atomic E-state index is 12.0. The van der Waals surface area contributed by atoms with Crippen molar-refractivity contribution in [2.24, 2.45) is 0 Å². The molecule has 0 aromatic heterocycles. The lowest BCUT2D eigenvalue weighted by Crippen LogP contribution is -2.25. The normalized spacial score (nSPS) is 16.3. The van der Waals surface area contributed by atoms with Crippen LogP contribution in [0.2, 0.25) is 0 Å². The lowest BCUT2D eigenvalue weighted by molar-refractivity contribution is 0.0951. The molecule has 2 aromatic carbocycles. The van der Waals surface area contributed by atoms with Gasteiger partial charge in [0.15, 0.2) is 0 Å². The van der Waals surface area contributed by atoms with Gasteiger partial charge in [-0.1, -0.05) is 18.2 Å². The highest BCUT2D eigenvalue weighted by atomic mass is 16.5. The zero-order valence-electron chi connectivity index (χ0n) is 14.2. The summed E-state index contributed by atoms with van der Waals surface area (Å²) in [5.41, 5.74) is 4.09. The molecule has 0 bridgehead atoms. The predicted molar refractivity (Wildman–Crippen MR) is 97.9 cm³/mol. The fourth-order valence-electron chi connectivity index (χ4n) is 2.88. The molecule has 4 rings (SSSR count). The van der Waals surface area contributed by atoms with E-state index in [9.17, 15) is 4.79 Å². The Morgan fingerprint density at radius 2 is 2.00 bits per heavy atom. The smallest absolute Gasteiger partial charge is 0.251 e. The first-order valence-corrected chi connectivity index (χ1v) is 8.88. The van der Waals surface area contributed by atoms with Crippen LogP contribution < -0.4 is 20.7 Å². The highest BCUT2D eigenvalue weighted by molar-refractivity contribution is 5.94. The summed E-state index contributed by atoms with van der Waals surface area (Å²) in [6, 6.07) is 14.4. The second-order valence-electron chi connectivity index (χ2n) is 6.65. The van der Waals surface area contributed by atoms with E-state index in [1.54, 1.807) is 0 Å². The number of ether oxygens (including phenoxy) is 1. The minimum Gasteiger partial charge on any atom is -0.492 e. The highest BCUT2D eigenvalue weighted by Gasteiger charge is 2.23. The van der Waals surface area contributed by atoms with Crippen molar-refractivity contribution >= 4 is 11.6 Å². The molecule has 1 heterocycles. The van der Waals surface area contributed by atoms with Gasteiger partial charge < -0.3 is 20.7 Å². The summed E-state index contributed by atoms with van der Waals surface area (Å²) < 4.78 is 5.77. The van der Waals surface area contributed by atoms with Crippen LogP contribution in [0.5, 0.6) is 5.75 Å². The zero-order valence-corrected chi connectivity index (χ0v) is 14.2. The van der Waals surface area contributed by atoms with Crippen molar-refractivity contribution in [1.29, 1.82) is 0 Å². The minimum atomic E-state index is 0.0264. The molecule has 3 N–H and O–H groups in total. The molecule has 0 atom stereocenters. The van der Waals surface area contributed by atoms with Crippen LogP contribution in [-0.4, -0.2) is 25.1 Å². The van der Waals surface area contributed by atoms with Gasteiger partial charge in [0.25, 0.3) is 5.91 Å². The summed E-state index contributed by atoms with van der Waals surface area (Å²) in [7, 11) is 0. The zero-order chi connectivity index (χ0) is 17.1. The lowest BCUT2D eigenvalue weighted by atomic mass is 10.1. The first kappa shape index (κ1) is 16.0. The lowest BCUT2D eigenvalue weighted by Gasteiger charge is -2.11. The van der Waals surface area contributed by atoms with E-state index < -0.39 is 0 Å². The van der Waals surface area contributed by atoms with E-state index in [1.807, 2.05) is 24.3 Å². The number of nitrogens with one attached hydrogen (secondary N) is 3. The molecule has 0 radical (unpaired) electrons. The third kappa shape index (κ3) is 4.12. The SMILES string of the molecule is O=C(NC1CC1)c1ccc(CNc2ccc3c(c2)OCCNC3)cc1. The number of hydrogen-bond acceptors (Lipinski definition) is 4. The quantitative estimate of drug-likeness (QED) is 0.785. The third-order valence-electron chi connectivity index (χ3n) is 4.54. The largest absolute Gasteiger partial charge is 0.492 e. The average molecular weight is 337 g/mol. The standard InChI is InChI=1S/C20H23N3O2/c24-20(23-17-7-8-17)15-3-1-14(2-4-15)12-22-18-6-5-16-13-21-9-10-25-19(16)11-18/h1-6,11,17,21-22H,7-10,12-13H2,(H,23,24). The van der Waals surface area contributed by atoms with E-state index >= 15 is 0 Å². The maximum Gasteiger partial charge on any atom is 0.251 e. The summed E-state index contributed by atoms with van der Waals surface area (Å²) in [6.07, 6.45) is 2.21. The van der Waals surface area contributed by atoms with E-state index in [0.29, 0.717) is 19.2 Å². The molecule has 0 saturated heterocycles. The molecule has 1 saturated carbocycles. The minimum absolute atomic E-state index is 0.0264. The van der Waals surface area contributed by atoms with E-state index in [0.717, 1.165) is 48.5 Å². The van der Waals surface area contributed by atoms with E-state index in [-0.39, 0.29) is 5.91 Å². The van der Waals surface area contributed by atoms with Gasteiger partial charge in [-0.05, 0) is 36.6 Å². The molecular formula is C20H23N3O2. The van der Waals surface area contributed by atoms with Crippen LogP contribution in [-0.2, 0) is 13.1 Å². The highest BCUT2D eigenvalue weighted by Crippen LogP contribution is 2.25. The molecule has 1 fully saturated rings. The van der Waals surface area contributed by atoms with Crippen molar-refractivity contribution in [3.8, 4) is 5.75 Å². The average Bonchev–Trinajstić information content (AvgIpc) is 3.47. The van der Waals surface area contributed by atoms with Crippen molar-refractivity contribution in [2.45, 2.75) is 32.0 Å². The van der Waals surface area contributed by atoms with Crippen LogP contribution in [0.1, 0.15) is 34.3 Å². The monoisotopic (exact) mass is 337 g/mol. The molecule has 5 heteroatoms. The fourth-order valence-corrected chi connectivity index (χ4v) is 2.88. The summed E-state index contributed by atoms with van der Waals surface area (Å²) in [5, 5.41) is 9.76. The molecule has 5 nitrogen and oxygen atoms in total. The number of anilines is 1. The molecular weight excluding hydrogens is 314 g/mol. The van der Waals surface area contributed by atoms with Gasteiger partial charge in [-0.3, -0.25) is 4.79 Å². The molecule has 25 heavy (non-hydrogen) atoms. The summed E-state index contributed by atoms with van der Waals surface area (Å²) in [6.45, 7) is 3.13. The first-order chi connectivity index (χ1) is 12.3. The second kappa shape index (κ2) is 7.15. The van der Waals surface area contributed by atoms with Crippen LogP contribution >= 0.6 is 0 Å². The van der Waals surface area contributed by atoms with Gasteiger partial charge in [-0.25, -0.2) is 0 Å². The van der Waals surface area contributed by atoms with Gasteiger partial charge in [0.05, 0.1) is 0 Å². The van der Waals surface area contributed by atoms with Crippen LogP contribution in [0, 0.1) is 0 Å². The summed E-state index contributed by atoms with van der Waals surface area (Å²) >= 11 is 0. The van der Waals surface area contributed by atoms with Gasteiger partial charge in [0.2, 0.25) is 0 Å². The van der Waals surface area contributed by atoms with Crippen LogP contribution in [0.3, 0.4) is 0 Å². The number of rotatable bonds is 5. The van der Waals surface area contributed by atoms with Gasteiger partial charge in [-0.2, -0.15) is 0 Å². The van der Waals surface area contributed by atoms with Gasteiger partial charge >= 0.3 is 0 Å². The van der Waals surface area contributed by atoms with Crippen molar-refractivity contribution in [2.75, 3.05) is 18.5 Å². The van der Waals surface area contributed by atoms with Crippen LogP contribution in [0.4, 0.5) is 5.69 Å². The number of carbonyl (C=O) groups is 1. The van der Waals surface area contributed by atoms with Crippen molar-refractivity contribution in [1.82, 2.24) is 10.6 Å². The van der Waals surface area contributed by atoms with E-state index in [2.05, 4.69) is 34.1 Å². The summed E-state index contributed by atoms with van der Waals surface area (Å²) in [5.74, 6) is 0.973. The second-order valence-corrected chi connectivity index (χ2v) is 6.65. The third-order valence-corrected chi connectivity index (χ3v) is 4.54. The van der Waals surface area contributed by atoms with E-state index in [4.69, 9.17) is 4.74 Å². The van der Waals surface area contributed by atoms with Crippen molar-refractivity contribution < 1.29 is 9.53 Å². The van der Waals surface area contributed by atoms with Gasteiger partial charge in [0, 0.05) is 48.6 Å². The van der Waals surface area contributed by atoms with Crippen LogP contribution in [0.25, 0.3) is 0 Å². The van der Waals surface area contributed by atoms with Crippen molar-refractivity contribution in [3.63, 3.8) is 0 Å². The number of hydrogen-bond donors (Lipinski definition) is 3. The van der Waals surface area contributed by atoms with Crippen molar-refractivity contribution in [3.05, 3.63) is 59.2 Å². The molecule has 0 spiro atoms. The topological polar surface area (TPSA) is 62.4 Å². The molecule has 130 valence electrons. The first-order valence-electron chi connectivity index (χ1n) is 8.88. The Kier molecular flexibility index (Phi) is 4.57.